The minimum Gasteiger partial charge on any atom is -0.352 e. The van der Waals surface area contributed by atoms with Crippen LogP contribution in [-0.4, -0.2) is 22.0 Å². The predicted octanol–water partition coefficient (Wildman–Crippen LogP) is 3.90. The van der Waals surface area contributed by atoms with Crippen molar-refractivity contribution < 1.29 is 0 Å². The van der Waals surface area contributed by atoms with Crippen LogP contribution in [0, 0.1) is 0 Å². The largest absolute Gasteiger partial charge is 0.352 e. The fourth-order valence-electron chi connectivity index (χ4n) is 2.88. The number of rotatable bonds is 3. The first-order valence-electron chi connectivity index (χ1n) is 6.62. The summed E-state index contributed by atoms with van der Waals surface area (Å²) < 4.78 is 2.13. The van der Waals surface area contributed by atoms with E-state index in [9.17, 15) is 0 Å². The summed E-state index contributed by atoms with van der Waals surface area (Å²) in [5.41, 5.74) is 1.15. The van der Waals surface area contributed by atoms with Crippen LogP contribution in [0.15, 0.2) is 11.6 Å². The third kappa shape index (κ3) is 1.91. The molecule has 0 saturated carbocycles. The van der Waals surface area contributed by atoms with Crippen molar-refractivity contribution in [1.82, 2.24) is 9.38 Å². The first kappa shape index (κ1) is 12.3. The molecule has 1 fully saturated rings. The van der Waals surface area contributed by atoms with Crippen LogP contribution in [0.2, 0.25) is 0 Å². The van der Waals surface area contributed by atoms with Crippen LogP contribution in [-0.2, 0) is 5.88 Å². The van der Waals surface area contributed by atoms with Crippen LogP contribution in [0.5, 0.6) is 0 Å². The maximum atomic E-state index is 6.14. The summed E-state index contributed by atoms with van der Waals surface area (Å²) in [6, 6.07) is 0.630. The third-order valence-electron chi connectivity index (χ3n) is 3.84. The van der Waals surface area contributed by atoms with Gasteiger partial charge < -0.3 is 4.90 Å². The van der Waals surface area contributed by atoms with E-state index in [1.807, 2.05) is 0 Å². The average molecular weight is 284 g/mol. The van der Waals surface area contributed by atoms with E-state index in [4.69, 9.17) is 16.6 Å². The van der Waals surface area contributed by atoms with Gasteiger partial charge in [0.05, 0.1) is 11.6 Å². The van der Waals surface area contributed by atoms with Gasteiger partial charge in [-0.05, 0) is 25.7 Å². The lowest BCUT2D eigenvalue weighted by Gasteiger charge is -2.36. The van der Waals surface area contributed by atoms with E-state index in [2.05, 4.69) is 27.8 Å². The summed E-state index contributed by atoms with van der Waals surface area (Å²) in [7, 11) is 0. The number of anilines is 1. The Bertz CT molecular complexity index is 533. The molecule has 0 N–H and O–H groups in total. The Morgan fingerprint density at radius 2 is 2.39 bits per heavy atom. The number of halogens is 1. The van der Waals surface area contributed by atoms with Crippen LogP contribution >= 0.6 is 22.9 Å². The highest BCUT2D eigenvalue weighted by atomic mass is 35.5. The minimum atomic E-state index is 0.528. The lowest BCUT2D eigenvalue weighted by molar-refractivity contribution is 0.446. The maximum Gasteiger partial charge on any atom is 0.195 e. The molecule has 1 saturated heterocycles. The van der Waals surface area contributed by atoms with E-state index in [0.717, 1.165) is 23.0 Å². The quantitative estimate of drug-likeness (QED) is 0.796. The number of hydrogen-bond acceptors (Lipinski definition) is 3. The van der Waals surface area contributed by atoms with Crippen molar-refractivity contribution in [3.8, 4) is 0 Å². The number of hydrogen-bond donors (Lipinski definition) is 0. The summed E-state index contributed by atoms with van der Waals surface area (Å²) in [5.74, 6) is 1.64. The van der Waals surface area contributed by atoms with Crippen LogP contribution < -0.4 is 4.90 Å². The van der Waals surface area contributed by atoms with Gasteiger partial charge in [0.2, 0.25) is 0 Å². The molecule has 1 atom stereocenters. The molecule has 0 aliphatic carbocycles. The van der Waals surface area contributed by atoms with Crippen LogP contribution in [0.3, 0.4) is 0 Å². The van der Waals surface area contributed by atoms with E-state index in [-0.39, 0.29) is 0 Å². The predicted molar refractivity (Wildman–Crippen MR) is 77.9 cm³/mol. The highest BCUT2D eigenvalue weighted by Crippen LogP contribution is 2.31. The van der Waals surface area contributed by atoms with Gasteiger partial charge in [0.1, 0.15) is 0 Å². The third-order valence-corrected chi connectivity index (χ3v) is 4.85. The Labute approximate surface area is 116 Å². The molecule has 2 aromatic heterocycles. The zero-order valence-corrected chi connectivity index (χ0v) is 12.2. The topological polar surface area (TPSA) is 20.5 Å². The van der Waals surface area contributed by atoms with Gasteiger partial charge in [0.15, 0.2) is 10.8 Å². The van der Waals surface area contributed by atoms with Crippen molar-refractivity contribution in [2.45, 2.75) is 44.5 Å². The Morgan fingerprint density at radius 1 is 1.50 bits per heavy atom. The second-order valence-electron chi connectivity index (χ2n) is 4.82. The molecule has 18 heavy (non-hydrogen) atoms. The Hall–Kier alpha value is -0.740. The molecule has 5 heteroatoms. The normalized spacial score (nSPS) is 20.8. The highest BCUT2D eigenvalue weighted by molar-refractivity contribution is 7.15. The molecule has 3 heterocycles. The molecule has 1 aliphatic rings. The molecule has 3 rings (SSSR count). The molecule has 3 nitrogen and oxygen atoms in total. The van der Waals surface area contributed by atoms with E-state index in [1.165, 1.54) is 25.7 Å². The number of fused-ring (bicyclic) bond motifs is 1. The van der Waals surface area contributed by atoms with Crippen molar-refractivity contribution in [2.24, 2.45) is 0 Å². The molecule has 1 aliphatic heterocycles. The lowest BCUT2D eigenvalue weighted by Crippen LogP contribution is -2.39. The SMILES string of the molecule is CCC1CCCCN1c1nc2sccn2c1CCl. The molecule has 0 bridgehead atoms. The molecule has 2 aromatic rings. The van der Waals surface area contributed by atoms with E-state index in [1.54, 1.807) is 11.3 Å². The Kier molecular flexibility index (Phi) is 3.48. The first-order valence-corrected chi connectivity index (χ1v) is 8.03. The van der Waals surface area contributed by atoms with E-state index in [0.29, 0.717) is 11.9 Å². The Morgan fingerprint density at radius 3 is 3.17 bits per heavy atom. The zero-order chi connectivity index (χ0) is 12.5. The number of piperidine rings is 1. The van der Waals surface area contributed by atoms with Gasteiger partial charge >= 0.3 is 0 Å². The van der Waals surface area contributed by atoms with Crippen molar-refractivity contribution in [2.75, 3.05) is 11.4 Å². The van der Waals surface area contributed by atoms with E-state index >= 15 is 0 Å². The number of aromatic nitrogens is 2. The van der Waals surface area contributed by atoms with Gasteiger partial charge in [-0.3, -0.25) is 4.40 Å². The lowest BCUT2D eigenvalue weighted by atomic mass is 10.00. The number of nitrogens with zero attached hydrogens (tertiary/aromatic N) is 3. The Balaban J connectivity index is 2.03. The molecule has 1 unspecified atom stereocenters. The fourth-order valence-corrected chi connectivity index (χ4v) is 3.86. The van der Waals surface area contributed by atoms with Gasteiger partial charge in [0.25, 0.3) is 0 Å². The van der Waals surface area contributed by atoms with Gasteiger partial charge in [-0.25, -0.2) is 4.98 Å². The number of thiazole rings is 1. The van der Waals surface area contributed by atoms with Crippen LogP contribution in [0.25, 0.3) is 4.96 Å². The maximum absolute atomic E-state index is 6.14. The van der Waals surface area contributed by atoms with Gasteiger partial charge in [0, 0.05) is 24.2 Å². The van der Waals surface area contributed by atoms with Gasteiger partial charge in [-0.1, -0.05) is 6.92 Å². The van der Waals surface area contributed by atoms with Crippen molar-refractivity contribution in [3.63, 3.8) is 0 Å². The van der Waals surface area contributed by atoms with Crippen molar-refractivity contribution >= 4 is 33.7 Å². The molecular weight excluding hydrogens is 266 g/mol. The van der Waals surface area contributed by atoms with Crippen molar-refractivity contribution in [3.05, 3.63) is 17.3 Å². The molecule has 0 radical (unpaired) electrons. The summed E-state index contributed by atoms with van der Waals surface area (Å²) in [6.07, 6.45) is 7.15. The molecular formula is C13H18ClN3S. The molecule has 98 valence electrons. The number of imidazole rings is 1. The zero-order valence-electron chi connectivity index (χ0n) is 10.6. The standard InChI is InChI=1S/C13H18ClN3S/c1-2-10-5-3-4-6-16(10)12-11(9-14)17-7-8-18-13(17)15-12/h7-8,10H,2-6,9H2,1H3. The highest BCUT2D eigenvalue weighted by Gasteiger charge is 2.26. The van der Waals surface area contributed by atoms with E-state index < -0.39 is 0 Å². The average Bonchev–Trinajstić information content (AvgIpc) is 2.98. The number of alkyl halides is 1. The minimum absolute atomic E-state index is 0.528. The summed E-state index contributed by atoms with van der Waals surface area (Å²) >= 11 is 7.81. The monoisotopic (exact) mass is 283 g/mol. The molecule has 0 amide bonds. The van der Waals surface area contributed by atoms with Gasteiger partial charge in [-0.2, -0.15) is 0 Å². The summed E-state index contributed by atoms with van der Waals surface area (Å²) in [6.45, 7) is 3.38. The second-order valence-corrected chi connectivity index (χ2v) is 5.96. The smallest absolute Gasteiger partial charge is 0.195 e. The second kappa shape index (κ2) is 5.10. The first-order chi connectivity index (χ1) is 8.85. The molecule has 0 spiro atoms. The van der Waals surface area contributed by atoms with Gasteiger partial charge in [-0.15, -0.1) is 22.9 Å². The fraction of sp³-hybridized carbons (Fsp3) is 0.615. The summed E-state index contributed by atoms with van der Waals surface area (Å²) in [5, 5.41) is 2.07. The van der Waals surface area contributed by atoms with Crippen LogP contribution in [0.1, 0.15) is 38.3 Å². The van der Waals surface area contributed by atoms with Crippen LogP contribution in [0.4, 0.5) is 5.82 Å². The summed E-state index contributed by atoms with van der Waals surface area (Å²) in [4.78, 5) is 8.32. The molecule has 0 aromatic carbocycles. The van der Waals surface area contributed by atoms with Crippen molar-refractivity contribution in [1.29, 1.82) is 0 Å².